The van der Waals surface area contributed by atoms with Crippen LogP contribution in [0.3, 0.4) is 0 Å². The number of halogens is 3. The number of hydrogen-bond acceptors (Lipinski definition) is 8. The molecule has 0 saturated carbocycles. The first-order valence-electron chi connectivity index (χ1n) is 11.0. The molecule has 0 aliphatic carbocycles. The Kier molecular flexibility index (Phi) is 6.02. The highest BCUT2D eigenvalue weighted by molar-refractivity contribution is 7.87. The molecule has 0 spiro atoms. The van der Waals surface area contributed by atoms with Crippen molar-refractivity contribution in [1.29, 1.82) is 0 Å². The van der Waals surface area contributed by atoms with Crippen LogP contribution < -0.4 is 4.74 Å². The number of oxazole rings is 1. The highest BCUT2D eigenvalue weighted by atomic mass is 32.2. The first-order chi connectivity index (χ1) is 17.9. The van der Waals surface area contributed by atoms with Crippen LogP contribution in [-0.2, 0) is 22.9 Å². The summed E-state index contributed by atoms with van der Waals surface area (Å²) >= 11 is 0. The summed E-state index contributed by atoms with van der Waals surface area (Å²) in [6.45, 7) is 1.60. The third-order valence-corrected chi connectivity index (χ3v) is 7.26. The molecule has 5 rings (SSSR count). The van der Waals surface area contributed by atoms with E-state index in [9.17, 15) is 21.6 Å². The van der Waals surface area contributed by atoms with Gasteiger partial charge in [-0.25, -0.2) is 18.6 Å². The summed E-state index contributed by atoms with van der Waals surface area (Å²) in [6.07, 6.45) is -0.935. The average molecular weight is 551 g/mol. The van der Waals surface area contributed by atoms with Crippen molar-refractivity contribution in [2.24, 2.45) is 0 Å². The molecule has 0 aliphatic heterocycles. The van der Waals surface area contributed by atoms with E-state index in [0.717, 1.165) is 19.3 Å². The lowest BCUT2D eigenvalue weighted by molar-refractivity contribution is -0.144. The molecule has 0 bridgehead atoms. The Bertz CT molecular complexity index is 1730. The van der Waals surface area contributed by atoms with Gasteiger partial charge in [0.25, 0.3) is 5.82 Å². The van der Waals surface area contributed by atoms with Crippen LogP contribution in [0.2, 0.25) is 0 Å². The maximum atomic E-state index is 13.7. The summed E-state index contributed by atoms with van der Waals surface area (Å²) in [7, 11) is 0.319. The summed E-state index contributed by atoms with van der Waals surface area (Å²) in [4.78, 5) is 12.4. The quantitative estimate of drug-likeness (QED) is 0.303. The molecule has 0 aliphatic rings. The number of rotatable bonds is 7. The summed E-state index contributed by atoms with van der Waals surface area (Å²) in [5, 5.41) is 3.71. The van der Waals surface area contributed by atoms with Gasteiger partial charge in [0.2, 0.25) is 0 Å². The van der Waals surface area contributed by atoms with Gasteiger partial charge < -0.3 is 9.15 Å². The van der Waals surface area contributed by atoms with Gasteiger partial charge in [-0.1, -0.05) is 12.1 Å². The Labute approximate surface area is 214 Å². The van der Waals surface area contributed by atoms with Crippen molar-refractivity contribution in [2.45, 2.75) is 19.6 Å². The van der Waals surface area contributed by atoms with Crippen LogP contribution in [0, 0.1) is 6.92 Å². The molecule has 0 amide bonds. The molecular formula is C22H21F3N8O4S. The lowest BCUT2D eigenvalue weighted by atomic mass is 10.2. The van der Waals surface area contributed by atoms with E-state index in [0.29, 0.717) is 17.1 Å². The molecule has 4 heterocycles. The van der Waals surface area contributed by atoms with Gasteiger partial charge in [0.1, 0.15) is 34.9 Å². The smallest absolute Gasteiger partial charge is 0.453 e. The van der Waals surface area contributed by atoms with Crippen LogP contribution in [0.1, 0.15) is 17.1 Å². The number of methoxy groups -OCH3 is 1. The maximum Gasteiger partial charge on any atom is 0.453 e. The van der Waals surface area contributed by atoms with E-state index >= 15 is 0 Å². The van der Waals surface area contributed by atoms with E-state index in [1.54, 1.807) is 37.4 Å². The second kappa shape index (κ2) is 8.98. The number of benzene rings is 1. The van der Waals surface area contributed by atoms with Gasteiger partial charge in [0, 0.05) is 14.1 Å². The number of imidazole rings is 2. The van der Waals surface area contributed by atoms with E-state index in [1.807, 2.05) is 0 Å². The molecule has 0 saturated heterocycles. The zero-order valence-corrected chi connectivity index (χ0v) is 21.3. The topological polar surface area (TPSA) is 126 Å². The molecule has 200 valence electrons. The predicted octanol–water partition coefficient (Wildman–Crippen LogP) is 3.09. The summed E-state index contributed by atoms with van der Waals surface area (Å²) in [6, 6.07) is 6.72. The van der Waals surface area contributed by atoms with Crippen molar-refractivity contribution in [2.75, 3.05) is 21.2 Å². The molecule has 5 aromatic rings. The Morgan fingerprint density at radius 1 is 1.11 bits per heavy atom. The Morgan fingerprint density at radius 3 is 2.45 bits per heavy atom. The minimum atomic E-state index is -4.82. The summed E-state index contributed by atoms with van der Waals surface area (Å²) < 4.78 is 81.4. The van der Waals surface area contributed by atoms with Gasteiger partial charge >= 0.3 is 22.2 Å². The first kappa shape index (κ1) is 25.5. The van der Waals surface area contributed by atoms with Gasteiger partial charge in [-0.3, -0.25) is 4.40 Å². The normalized spacial score (nSPS) is 12.6. The van der Waals surface area contributed by atoms with Crippen molar-refractivity contribution >= 4 is 16.1 Å². The maximum absolute atomic E-state index is 13.7. The Hall–Kier alpha value is -4.18. The second-order valence-corrected chi connectivity index (χ2v) is 10.5. The molecule has 16 heteroatoms. The zero-order chi connectivity index (χ0) is 27.4. The first-order valence-corrected chi connectivity index (χ1v) is 12.4. The SMILES string of the molecule is COc1ccc(Cn2nc(C(F)(F)F)nc2-c2nc3oc(C)cn3c2-c2cn(S(=O)(=O)N(C)C)cn2)cc1. The molecular weight excluding hydrogens is 529 g/mol. The highest BCUT2D eigenvalue weighted by Gasteiger charge is 2.38. The molecule has 1 aromatic carbocycles. The molecule has 0 N–H and O–H groups in total. The molecule has 12 nitrogen and oxygen atoms in total. The largest absolute Gasteiger partial charge is 0.497 e. The Morgan fingerprint density at radius 2 is 1.82 bits per heavy atom. The standard InChI is InChI=1S/C22H21F3N8O4S/c1-13-9-32-18(16-11-31(12-26-16)38(34,35)30(2)3)17(27-21(32)37-13)19-28-20(22(23,24)25)29-33(19)10-14-5-7-15(36-4)8-6-14/h5-9,11-12H,10H2,1-4H3. The van der Waals surface area contributed by atoms with Gasteiger partial charge in [-0.05, 0) is 24.6 Å². The van der Waals surface area contributed by atoms with Crippen LogP contribution in [0.15, 0.2) is 47.4 Å². The van der Waals surface area contributed by atoms with Crippen molar-refractivity contribution in [3.05, 3.63) is 60.1 Å². The lowest BCUT2D eigenvalue weighted by Crippen LogP contribution is -2.27. The summed E-state index contributed by atoms with van der Waals surface area (Å²) in [5.74, 6) is -0.446. The average Bonchev–Trinajstić information content (AvgIpc) is 3.61. The van der Waals surface area contributed by atoms with Crippen molar-refractivity contribution in [3.63, 3.8) is 0 Å². The van der Waals surface area contributed by atoms with Crippen LogP contribution in [0.4, 0.5) is 13.2 Å². The molecule has 0 atom stereocenters. The number of ether oxygens (including phenoxy) is 1. The minimum Gasteiger partial charge on any atom is -0.497 e. The van der Waals surface area contributed by atoms with Crippen molar-refractivity contribution < 1.29 is 30.7 Å². The van der Waals surface area contributed by atoms with Crippen LogP contribution in [-0.4, -0.2) is 67.0 Å². The van der Waals surface area contributed by atoms with E-state index in [2.05, 4.69) is 20.1 Å². The number of fused-ring (bicyclic) bond motifs is 1. The number of alkyl halides is 3. The molecule has 38 heavy (non-hydrogen) atoms. The number of nitrogens with zero attached hydrogens (tertiary/aromatic N) is 8. The third kappa shape index (κ3) is 4.41. The van der Waals surface area contributed by atoms with Crippen LogP contribution in [0.5, 0.6) is 5.75 Å². The summed E-state index contributed by atoms with van der Waals surface area (Å²) in [5.41, 5.74) is 0.910. The fraction of sp³-hybridized carbons (Fsp3) is 0.273. The number of aryl methyl sites for hydroxylation is 1. The van der Waals surface area contributed by atoms with E-state index in [-0.39, 0.29) is 35.3 Å². The molecule has 0 unspecified atom stereocenters. The Balaban J connectivity index is 1.70. The number of aromatic nitrogens is 7. The lowest BCUT2D eigenvalue weighted by Gasteiger charge is -2.10. The molecule has 0 fully saturated rings. The van der Waals surface area contributed by atoms with E-state index < -0.39 is 22.2 Å². The van der Waals surface area contributed by atoms with Gasteiger partial charge in [0.15, 0.2) is 5.82 Å². The second-order valence-electron chi connectivity index (χ2n) is 8.44. The van der Waals surface area contributed by atoms with E-state index in [1.165, 1.54) is 31.8 Å². The van der Waals surface area contributed by atoms with Crippen molar-refractivity contribution in [3.8, 4) is 28.7 Å². The van der Waals surface area contributed by atoms with Crippen LogP contribution in [0.25, 0.3) is 28.8 Å². The zero-order valence-electron chi connectivity index (χ0n) is 20.5. The monoisotopic (exact) mass is 550 g/mol. The fourth-order valence-electron chi connectivity index (χ4n) is 3.75. The highest BCUT2D eigenvalue weighted by Crippen LogP contribution is 2.35. The number of hydrogen-bond donors (Lipinski definition) is 0. The predicted molar refractivity (Wildman–Crippen MR) is 128 cm³/mol. The third-order valence-electron chi connectivity index (χ3n) is 5.60. The molecule has 0 radical (unpaired) electrons. The fourth-order valence-corrected chi connectivity index (χ4v) is 4.53. The molecule has 4 aromatic heterocycles. The minimum absolute atomic E-state index is 0.0206. The van der Waals surface area contributed by atoms with E-state index in [4.69, 9.17) is 9.15 Å². The van der Waals surface area contributed by atoms with Crippen molar-refractivity contribution in [1.82, 2.24) is 37.4 Å². The van der Waals surface area contributed by atoms with Gasteiger partial charge in [-0.15, -0.1) is 5.10 Å². The van der Waals surface area contributed by atoms with Crippen LogP contribution >= 0.6 is 0 Å². The van der Waals surface area contributed by atoms with Gasteiger partial charge in [-0.2, -0.15) is 30.9 Å². The van der Waals surface area contributed by atoms with Gasteiger partial charge in [0.05, 0.1) is 26.0 Å².